The molecule has 1 aliphatic rings. The molecule has 3 aromatic carbocycles. The summed E-state index contributed by atoms with van der Waals surface area (Å²) in [4.78, 5) is 39.0. The number of primary amides is 1. The van der Waals surface area contributed by atoms with Gasteiger partial charge in [0.1, 0.15) is 5.75 Å². The normalized spacial score (nSPS) is 14.2. The number of amides is 3. The molecule has 1 atom stereocenters. The maximum atomic E-state index is 13.8. The monoisotopic (exact) mass is 531 g/mol. The maximum Gasteiger partial charge on any atom is 0.276 e. The SMILES string of the molecule is NC(=O)C(O)(c1ccccc1OCCCCCC(=O)NO)N(C(=O)c1ccc(-c2ccccc2)cc1)C1CC1. The molecule has 4 rings (SSSR count). The van der Waals surface area contributed by atoms with Gasteiger partial charge in [0.25, 0.3) is 17.5 Å². The van der Waals surface area contributed by atoms with Crippen LogP contribution in [0.1, 0.15) is 54.4 Å². The Morgan fingerprint density at radius 3 is 2.18 bits per heavy atom. The van der Waals surface area contributed by atoms with Crippen molar-refractivity contribution in [3.8, 4) is 16.9 Å². The van der Waals surface area contributed by atoms with E-state index in [9.17, 15) is 19.5 Å². The minimum Gasteiger partial charge on any atom is -0.493 e. The topological polar surface area (TPSA) is 142 Å². The fourth-order valence-corrected chi connectivity index (χ4v) is 4.55. The molecule has 5 N–H and O–H groups in total. The highest BCUT2D eigenvalue weighted by Crippen LogP contribution is 2.41. The minimum absolute atomic E-state index is 0.0957. The Kier molecular flexibility index (Phi) is 8.96. The first kappa shape index (κ1) is 27.8. The lowest BCUT2D eigenvalue weighted by atomic mass is 9.96. The van der Waals surface area contributed by atoms with Gasteiger partial charge < -0.3 is 15.6 Å². The average molecular weight is 532 g/mol. The van der Waals surface area contributed by atoms with Gasteiger partial charge in [0, 0.05) is 18.0 Å². The van der Waals surface area contributed by atoms with E-state index in [0.717, 1.165) is 11.1 Å². The van der Waals surface area contributed by atoms with Crippen molar-refractivity contribution in [2.45, 2.75) is 50.3 Å². The molecule has 0 heterocycles. The van der Waals surface area contributed by atoms with Crippen LogP contribution in [-0.4, -0.2) is 45.6 Å². The van der Waals surface area contributed by atoms with Crippen LogP contribution in [0.15, 0.2) is 78.9 Å². The fraction of sp³-hybridized carbons (Fsp3) is 0.300. The van der Waals surface area contributed by atoms with Gasteiger partial charge in [0.05, 0.1) is 12.2 Å². The number of benzene rings is 3. The average Bonchev–Trinajstić information content (AvgIpc) is 3.80. The smallest absolute Gasteiger partial charge is 0.276 e. The Hall–Kier alpha value is -4.21. The zero-order valence-electron chi connectivity index (χ0n) is 21.6. The van der Waals surface area contributed by atoms with Crippen molar-refractivity contribution >= 4 is 17.7 Å². The molecule has 9 nitrogen and oxygen atoms in total. The molecule has 1 saturated carbocycles. The number of carbonyl (C=O) groups is 3. The summed E-state index contributed by atoms with van der Waals surface area (Å²) in [6.07, 6.45) is 3.29. The molecule has 1 fully saturated rings. The molecule has 0 aliphatic heterocycles. The van der Waals surface area contributed by atoms with Crippen molar-refractivity contribution < 1.29 is 29.4 Å². The number of aliphatic hydroxyl groups is 1. The first-order valence-electron chi connectivity index (χ1n) is 13.0. The van der Waals surface area contributed by atoms with Gasteiger partial charge in [-0.25, -0.2) is 5.48 Å². The number of unbranched alkanes of at least 4 members (excludes halogenated alkanes) is 2. The van der Waals surface area contributed by atoms with Crippen molar-refractivity contribution in [3.63, 3.8) is 0 Å². The number of hydroxylamine groups is 1. The van der Waals surface area contributed by atoms with Gasteiger partial charge in [-0.05, 0) is 67.5 Å². The molecule has 0 saturated heterocycles. The van der Waals surface area contributed by atoms with Crippen LogP contribution >= 0.6 is 0 Å². The number of hydrogen-bond acceptors (Lipinski definition) is 6. The first-order valence-corrected chi connectivity index (χ1v) is 13.0. The van der Waals surface area contributed by atoms with E-state index in [-0.39, 0.29) is 30.4 Å². The van der Waals surface area contributed by atoms with E-state index >= 15 is 0 Å². The molecular formula is C30H33N3O6. The van der Waals surface area contributed by atoms with Crippen LogP contribution < -0.4 is 16.0 Å². The Balaban J connectivity index is 1.56. The van der Waals surface area contributed by atoms with Crippen molar-refractivity contribution in [2.75, 3.05) is 6.61 Å². The molecule has 1 unspecified atom stereocenters. The van der Waals surface area contributed by atoms with Crippen molar-refractivity contribution in [2.24, 2.45) is 5.73 Å². The number of hydrogen-bond donors (Lipinski definition) is 4. The highest BCUT2D eigenvalue weighted by atomic mass is 16.5. The minimum atomic E-state index is -2.42. The third kappa shape index (κ3) is 6.45. The van der Waals surface area contributed by atoms with Crippen molar-refractivity contribution in [1.29, 1.82) is 0 Å². The number of rotatable bonds is 13. The molecule has 3 aromatic rings. The Bertz CT molecular complexity index is 1290. The largest absolute Gasteiger partial charge is 0.493 e. The fourth-order valence-electron chi connectivity index (χ4n) is 4.55. The number of para-hydroxylation sites is 1. The molecule has 1 aliphatic carbocycles. The van der Waals surface area contributed by atoms with Gasteiger partial charge in [-0.15, -0.1) is 0 Å². The number of nitrogens with zero attached hydrogens (tertiary/aromatic N) is 1. The second-order valence-electron chi connectivity index (χ2n) is 9.58. The predicted octanol–water partition coefficient (Wildman–Crippen LogP) is 3.73. The van der Waals surface area contributed by atoms with Crippen LogP contribution in [0, 0.1) is 0 Å². The van der Waals surface area contributed by atoms with Crippen molar-refractivity contribution in [3.05, 3.63) is 90.0 Å². The van der Waals surface area contributed by atoms with Gasteiger partial charge in [0.15, 0.2) is 0 Å². The van der Waals surface area contributed by atoms with Crippen LogP contribution in [0.3, 0.4) is 0 Å². The number of nitrogens with one attached hydrogen (secondary N) is 1. The lowest BCUT2D eigenvalue weighted by Crippen LogP contribution is -2.58. The first-order chi connectivity index (χ1) is 18.9. The molecule has 204 valence electrons. The molecule has 39 heavy (non-hydrogen) atoms. The number of carbonyl (C=O) groups excluding carboxylic acids is 3. The van der Waals surface area contributed by atoms with Crippen LogP contribution in [0.25, 0.3) is 11.1 Å². The van der Waals surface area contributed by atoms with Crippen LogP contribution in [0.4, 0.5) is 0 Å². The van der Waals surface area contributed by atoms with E-state index in [2.05, 4.69) is 0 Å². The molecule has 9 heteroatoms. The number of nitrogens with two attached hydrogens (primary N) is 1. The highest BCUT2D eigenvalue weighted by molar-refractivity contribution is 5.99. The van der Waals surface area contributed by atoms with E-state index in [0.29, 0.717) is 37.7 Å². The Morgan fingerprint density at radius 2 is 1.54 bits per heavy atom. The van der Waals surface area contributed by atoms with E-state index in [1.807, 2.05) is 42.5 Å². The summed E-state index contributed by atoms with van der Waals surface area (Å²) in [5, 5.41) is 20.5. The van der Waals surface area contributed by atoms with Crippen molar-refractivity contribution in [1.82, 2.24) is 10.4 Å². The van der Waals surface area contributed by atoms with Gasteiger partial charge in [-0.3, -0.25) is 24.5 Å². The van der Waals surface area contributed by atoms with Crippen LogP contribution in [-0.2, 0) is 15.3 Å². The summed E-state index contributed by atoms with van der Waals surface area (Å²) in [5.74, 6) is -1.79. The summed E-state index contributed by atoms with van der Waals surface area (Å²) in [5.41, 5.74) is 7.33. The zero-order valence-corrected chi connectivity index (χ0v) is 21.6. The Morgan fingerprint density at radius 1 is 0.897 bits per heavy atom. The zero-order chi connectivity index (χ0) is 27.8. The summed E-state index contributed by atoms with van der Waals surface area (Å²) in [6.45, 7) is 0.255. The second-order valence-corrected chi connectivity index (χ2v) is 9.58. The van der Waals surface area contributed by atoms with Gasteiger partial charge in [-0.1, -0.05) is 54.6 Å². The third-order valence-corrected chi connectivity index (χ3v) is 6.76. The van der Waals surface area contributed by atoms with Gasteiger partial charge in [0.2, 0.25) is 5.91 Å². The third-order valence-electron chi connectivity index (χ3n) is 6.76. The molecule has 0 spiro atoms. The molecule has 0 radical (unpaired) electrons. The molecular weight excluding hydrogens is 498 g/mol. The number of ether oxygens (including phenoxy) is 1. The molecule has 3 amide bonds. The summed E-state index contributed by atoms with van der Waals surface area (Å²) < 4.78 is 5.91. The quantitative estimate of drug-likeness (QED) is 0.115. The lowest BCUT2D eigenvalue weighted by molar-refractivity contribution is -0.158. The van der Waals surface area contributed by atoms with E-state index < -0.39 is 23.4 Å². The summed E-state index contributed by atoms with van der Waals surface area (Å²) in [6, 6.07) is 22.9. The van der Waals surface area contributed by atoms with E-state index in [1.165, 1.54) is 11.0 Å². The predicted molar refractivity (Wildman–Crippen MR) is 144 cm³/mol. The van der Waals surface area contributed by atoms with Crippen LogP contribution in [0.2, 0.25) is 0 Å². The molecule has 0 aromatic heterocycles. The summed E-state index contributed by atoms with van der Waals surface area (Å²) in [7, 11) is 0. The van der Waals surface area contributed by atoms with Gasteiger partial charge in [-0.2, -0.15) is 0 Å². The van der Waals surface area contributed by atoms with Crippen LogP contribution in [0.5, 0.6) is 5.75 Å². The van der Waals surface area contributed by atoms with E-state index in [1.54, 1.807) is 35.8 Å². The summed E-state index contributed by atoms with van der Waals surface area (Å²) >= 11 is 0. The van der Waals surface area contributed by atoms with Gasteiger partial charge >= 0.3 is 0 Å². The highest BCUT2D eigenvalue weighted by Gasteiger charge is 2.52. The van der Waals surface area contributed by atoms with E-state index in [4.69, 9.17) is 15.7 Å². The standard InChI is InChI=1S/C30H33N3O6/c31-29(36)30(37,25-11-6-7-12-26(25)39-20-8-2-5-13-27(34)32-38)33(24-18-19-24)28(35)23-16-14-22(15-17-23)21-9-3-1-4-10-21/h1,3-4,6-7,9-12,14-17,24,37-38H,2,5,8,13,18-20H2,(H2,31,36)(H,32,34). The molecule has 0 bridgehead atoms. The lowest BCUT2D eigenvalue weighted by Gasteiger charge is -2.38. The maximum absolute atomic E-state index is 13.8. The second kappa shape index (κ2) is 12.6. The Labute approximate surface area is 227 Å².